The number of carbonyl (C=O) groups excluding carboxylic acids is 1. The highest BCUT2D eigenvalue weighted by Crippen LogP contribution is 2.20. The van der Waals surface area contributed by atoms with Crippen molar-refractivity contribution in [3.8, 4) is 5.75 Å². The molecule has 3 nitrogen and oxygen atoms in total. The van der Waals surface area contributed by atoms with Gasteiger partial charge in [-0.25, -0.2) is 0 Å². The molecule has 0 aromatic heterocycles. The van der Waals surface area contributed by atoms with Gasteiger partial charge in [0.15, 0.2) is 5.78 Å². The van der Waals surface area contributed by atoms with Gasteiger partial charge in [0.05, 0.1) is 0 Å². The van der Waals surface area contributed by atoms with Gasteiger partial charge in [-0.15, -0.1) is 0 Å². The average Bonchev–Trinajstić information content (AvgIpc) is 2.42. The molecule has 1 saturated heterocycles. The topological polar surface area (TPSA) is 40.5 Å². The zero-order valence-electron chi connectivity index (χ0n) is 11.9. The molecule has 0 aliphatic carbocycles. The Labute approximate surface area is 115 Å². The van der Waals surface area contributed by atoms with Crippen LogP contribution < -0.4 is 0 Å². The smallest absolute Gasteiger partial charge is 0.167 e. The summed E-state index contributed by atoms with van der Waals surface area (Å²) >= 11 is 0. The van der Waals surface area contributed by atoms with Crippen molar-refractivity contribution in [1.82, 2.24) is 4.90 Å². The lowest BCUT2D eigenvalue weighted by Gasteiger charge is -2.28. The Bertz CT molecular complexity index is 450. The summed E-state index contributed by atoms with van der Waals surface area (Å²) in [5.74, 6) is 0.317. The van der Waals surface area contributed by atoms with Crippen molar-refractivity contribution in [3.05, 3.63) is 29.3 Å². The van der Waals surface area contributed by atoms with E-state index >= 15 is 0 Å². The molecule has 1 aliphatic rings. The molecule has 1 aromatic rings. The van der Waals surface area contributed by atoms with Gasteiger partial charge in [0.25, 0.3) is 0 Å². The second-order valence-corrected chi connectivity index (χ2v) is 5.63. The van der Waals surface area contributed by atoms with Crippen molar-refractivity contribution in [3.63, 3.8) is 0 Å². The van der Waals surface area contributed by atoms with E-state index in [9.17, 15) is 9.90 Å². The molecule has 0 radical (unpaired) electrons. The van der Waals surface area contributed by atoms with Crippen LogP contribution in [0.1, 0.15) is 42.1 Å². The molecule has 1 aromatic carbocycles. The Balaban J connectivity index is 1.99. The molecular formula is C16H23NO2. The SMILES string of the molecule is Cc1ccc(C(=O)[C@H](C)CN2CCCCC2)cc1O. The first-order valence-electron chi connectivity index (χ1n) is 7.14. The number of rotatable bonds is 4. The van der Waals surface area contributed by atoms with Crippen molar-refractivity contribution in [1.29, 1.82) is 0 Å². The quantitative estimate of drug-likeness (QED) is 0.847. The van der Waals surface area contributed by atoms with Gasteiger partial charge in [0.2, 0.25) is 0 Å². The number of piperidine rings is 1. The van der Waals surface area contributed by atoms with Crippen LogP contribution in [0.25, 0.3) is 0 Å². The molecule has 0 unspecified atom stereocenters. The summed E-state index contributed by atoms with van der Waals surface area (Å²) in [6.07, 6.45) is 3.79. The highest BCUT2D eigenvalue weighted by molar-refractivity contribution is 5.98. The van der Waals surface area contributed by atoms with Crippen LogP contribution in [-0.2, 0) is 0 Å². The first kappa shape index (κ1) is 14.1. The molecule has 0 spiro atoms. The second kappa shape index (κ2) is 6.20. The Kier molecular flexibility index (Phi) is 4.59. The predicted molar refractivity (Wildman–Crippen MR) is 76.6 cm³/mol. The fraction of sp³-hybridized carbons (Fsp3) is 0.562. The van der Waals surface area contributed by atoms with Crippen LogP contribution in [0.15, 0.2) is 18.2 Å². The zero-order valence-corrected chi connectivity index (χ0v) is 11.9. The molecule has 2 rings (SSSR count). The maximum absolute atomic E-state index is 12.3. The lowest BCUT2D eigenvalue weighted by Crippen LogP contribution is -2.35. The van der Waals surface area contributed by atoms with Crippen molar-refractivity contribution >= 4 is 5.78 Å². The third kappa shape index (κ3) is 3.57. The molecular weight excluding hydrogens is 238 g/mol. The highest BCUT2D eigenvalue weighted by Gasteiger charge is 2.20. The molecule has 1 atom stereocenters. The minimum atomic E-state index is -0.0137. The first-order chi connectivity index (χ1) is 9.08. The summed E-state index contributed by atoms with van der Waals surface area (Å²) in [6, 6.07) is 5.20. The lowest BCUT2D eigenvalue weighted by atomic mass is 9.97. The number of hydrogen-bond acceptors (Lipinski definition) is 3. The molecule has 19 heavy (non-hydrogen) atoms. The standard InChI is InChI=1S/C16H23NO2/c1-12-6-7-14(10-15(12)18)16(19)13(2)11-17-8-4-3-5-9-17/h6-7,10,13,18H,3-5,8-9,11H2,1-2H3/t13-/m1/s1. The maximum Gasteiger partial charge on any atom is 0.167 e. The van der Waals surface area contributed by atoms with E-state index in [1.807, 2.05) is 19.9 Å². The third-order valence-corrected chi connectivity index (χ3v) is 3.92. The number of phenols is 1. The fourth-order valence-electron chi connectivity index (χ4n) is 2.66. The van der Waals surface area contributed by atoms with Crippen LogP contribution in [0.4, 0.5) is 0 Å². The normalized spacial score (nSPS) is 18.2. The van der Waals surface area contributed by atoms with Gasteiger partial charge in [0, 0.05) is 18.0 Å². The Hall–Kier alpha value is -1.35. The van der Waals surface area contributed by atoms with Gasteiger partial charge in [-0.3, -0.25) is 4.79 Å². The van der Waals surface area contributed by atoms with Gasteiger partial charge < -0.3 is 10.0 Å². The van der Waals surface area contributed by atoms with E-state index in [2.05, 4.69) is 4.90 Å². The van der Waals surface area contributed by atoms with Crippen LogP contribution in [0.2, 0.25) is 0 Å². The van der Waals surface area contributed by atoms with Crippen molar-refractivity contribution in [2.24, 2.45) is 5.92 Å². The second-order valence-electron chi connectivity index (χ2n) is 5.63. The van der Waals surface area contributed by atoms with Crippen LogP contribution in [0.3, 0.4) is 0 Å². The number of aromatic hydroxyl groups is 1. The number of hydrogen-bond donors (Lipinski definition) is 1. The van der Waals surface area contributed by atoms with Gasteiger partial charge in [-0.1, -0.05) is 25.5 Å². The van der Waals surface area contributed by atoms with Gasteiger partial charge >= 0.3 is 0 Å². The molecule has 0 amide bonds. The number of benzene rings is 1. The van der Waals surface area contributed by atoms with E-state index < -0.39 is 0 Å². The Morgan fingerprint density at radius 1 is 1.32 bits per heavy atom. The molecule has 1 aliphatic heterocycles. The molecule has 3 heteroatoms. The number of ketones is 1. The first-order valence-corrected chi connectivity index (χ1v) is 7.14. The number of phenolic OH excluding ortho intramolecular Hbond substituents is 1. The molecule has 104 valence electrons. The summed E-state index contributed by atoms with van der Waals surface area (Å²) in [6.45, 7) is 6.86. The summed E-state index contributed by atoms with van der Waals surface area (Å²) in [4.78, 5) is 14.7. The van der Waals surface area contributed by atoms with Gasteiger partial charge in [0.1, 0.15) is 5.75 Å². The number of Topliss-reactive ketones (excluding diaryl/α,β-unsaturated/α-hetero) is 1. The van der Waals surface area contributed by atoms with Crippen LogP contribution in [-0.4, -0.2) is 35.4 Å². The number of nitrogens with zero attached hydrogens (tertiary/aromatic N) is 1. The zero-order chi connectivity index (χ0) is 13.8. The number of aryl methyl sites for hydroxylation is 1. The Morgan fingerprint density at radius 2 is 2.00 bits per heavy atom. The van der Waals surface area contributed by atoms with Crippen LogP contribution >= 0.6 is 0 Å². The largest absolute Gasteiger partial charge is 0.508 e. The molecule has 0 saturated carbocycles. The maximum atomic E-state index is 12.3. The number of likely N-dealkylation sites (tertiary alicyclic amines) is 1. The van der Waals surface area contributed by atoms with E-state index in [1.165, 1.54) is 19.3 Å². The summed E-state index contributed by atoms with van der Waals surface area (Å²) < 4.78 is 0. The van der Waals surface area contributed by atoms with E-state index in [-0.39, 0.29) is 17.5 Å². The van der Waals surface area contributed by atoms with Crippen LogP contribution in [0, 0.1) is 12.8 Å². The fourth-order valence-corrected chi connectivity index (χ4v) is 2.66. The van der Waals surface area contributed by atoms with Gasteiger partial charge in [-0.05, 0) is 44.5 Å². The van der Waals surface area contributed by atoms with Crippen molar-refractivity contribution in [2.45, 2.75) is 33.1 Å². The van der Waals surface area contributed by atoms with Crippen molar-refractivity contribution < 1.29 is 9.90 Å². The number of carbonyl (C=O) groups is 1. The summed E-state index contributed by atoms with van der Waals surface area (Å²) in [5.41, 5.74) is 1.42. The van der Waals surface area contributed by atoms with Crippen LogP contribution in [0.5, 0.6) is 5.75 Å². The van der Waals surface area contributed by atoms with E-state index in [0.29, 0.717) is 5.56 Å². The molecule has 1 fully saturated rings. The summed E-state index contributed by atoms with van der Waals surface area (Å²) in [5, 5.41) is 9.69. The Morgan fingerprint density at radius 3 is 2.63 bits per heavy atom. The van der Waals surface area contributed by atoms with Crippen molar-refractivity contribution in [2.75, 3.05) is 19.6 Å². The lowest BCUT2D eigenvalue weighted by molar-refractivity contribution is 0.0883. The predicted octanol–water partition coefficient (Wildman–Crippen LogP) is 3.01. The average molecular weight is 261 g/mol. The highest BCUT2D eigenvalue weighted by atomic mass is 16.3. The van der Waals surface area contributed by atoms with E-state index in [0.717, 1.165) is 25.2 Å². The molecule has 0 bridgehead atoms. The summed E-state index contributed by atoms with van der Waals surface area (Å²) in [7, 11) is 0. The monoisotopic (exact) mass is 261 g/mol. The van der Waals surface area contributed by atoms with E-state index in [4.69, 9.17) is 0 Å². The molecule has 1 N–H and O–H groups in total. The minimum Gasteiger partial charge on any atom is -0.508 e. The van der Waals surface area contributed by atoms with E-state index in [1.54, 1.807) is 12.1 Å². The minimum absolute atomic E-state index is 0.0137. The molecule has 1 heterocycles. The third-order valence-electron chi connectivity index (χ3n) is 3.92. The van der Waals surface area contributed by atoms with Gasteiger partial charge in [-0.2, -0.15) is 0 Å².